The van der Waals surface area contributed by atoms with Gasteiger partial charge in [0.05, 0.1) is 29.4 Å². The van der Waals surface area contributed by atoms with Gasteiger partial charge in [0.15, 0.2) is 17.3 Å². The van der Waals surface area contributed by atoms with Gasteiger partial charge in [0, 0.05) is 17.4 Å². The summed E-state index contributed by atoms with van der Waals surface area (Å²) >= 11 is 0. The molecule has 1 fully saturated rings. The van der Waals surface area contributed by atoms with Crippen LogP contribution in [0.3, 0.4) is 0 Å². The number of hydrogen-bond acceptors (Lipinski definition) is 8. The molecule has 1 aromatic carbocycles. The molecule has 13 heteroatoms. The normalized spacial score (nSPS) is 14.7. The van der Waals surface area contributed by atoms with Crippen LogP contribution in [0.5, 0.6) is 0 Å². The highest BCUT2D eigenvalue weighted by Gasteiger charge is 2.27. The summed E-state index contributed by atoms with van der Waals surface area (Å²) in [6.07, 6.45) is 5.78. The minimum atomic E-state index is -3.99. The van der Waals surface area contributed by atoms with Crippen molar-refractivity contribution in [2.75, 3.05) is 10.6 Å². The molecule has 198 valence electrons. The average molecular weight is 541 g/mol. The van der Waals surface area contributed by atoms with Gasteiger partial charge in [-0.2, -0.15) is 13.5 Å². The average Bonchev–Trinajstić information content (AvgIpc) is 3.26. The molecule has 3 N–H and O–H groups in total. The van der Waals surface area contributed by atoms with Crippen molar-refractivity contribution in [2.24, 2.45) is 0 Å². The zero-order valence-electron chi connectivity index (χ0n) is 20.6. The number of nitrogens with zero attached hydrogens (tertiary/aromatic N) is 3. The van der Waals surface area contributed by atoms with Crippen molar-refractivity contribution in [1.29, 1.82) is 0 Å². The van der Waals surface area contributed by atoms with E-state index in [-0.39, 0.29) is 39.3 Å². The first-order chi connectivity index (χ1) is 18.1. The van der Waals surface area contributed by atoms with E-state index in [2.05, 4.69) is 25.7 Å². The number of anilines is 2. The van der Waals surface area contributed by atoms with Gasteiger partial charge in [0.1, 0.15) is 5.56 Å². The Morgan fingerprint density at radius 2 is 2.08 bits per heavy atom. The number of aryl methyl sites for hydroxylation is 1. The van der Waals surface area contributed by atoms with Crippen molar-refractivity contribution in [2.45, 2.75) is 50.2 Å². The zero-order valence-corrected chi connectivity index (χ0v) is 21.4. The predicted molar refractivity (Wildman–Crippen MR) is 137 cm³/mol. The fourth-order valence-electron chi connectivity index (χ4n) is 3.99. The largest absolute Gasteiger partial charge is 0.361 e. The van der Waals surface area contributed by atoms with Crippen LogP contribution in [0.1, 0.15) is 53.7 Å². The number of benzene rings is 1. The monoisotopic (exact) mass is 540 g/mol. The summed E-state index contributed by atoms with van der Waals surface area (Å²) in [5.74, 6) is -1.51. The third kappa shape index (κ3) is 5.02. The number of aromatic amines is 1. The molecule has 1 aliphatic rings. The number of hydrogen-bond donors (Lipinski definition) is 3. The second-order valence-electron chi connectivity index (χ2n) is 9.12. The van der Waals surface area contributed by atoms with Crippen LogP contribution in [0.4, 0.5) is 15.9 Å². The third-order valence-electron chi connectivity index (χ3n) is 6.42. The van der Waals surface area contributed by atoms with Crippen LogP contribution >= 0.6 is 0 Å². The van der Waals surface area contributed by atoms with Gasteiger partial charge in [-0.1, -0.05) is 12.1 Å². The lowest BCUT2D eigenvalue weighted by Crippen LogP contribution is -2.25. The van der Waals surface area contributed by atoms with Gasteiger partial charge in [0.25, 0.3) is 21.6 Å². The lowest BCUT2D eigenvalue weighted by Gasteiger charge is -2.24. The van der Waals surface area contributed by atoms with Crippen LogP contribution in [0, 0.1) is 12.7 Å². The highest BCUT2D eigenvalue weighted by Crippen LogP contribution is 2.29. The molecule has 4 aromatic rings. The maximum absolute atomic E-state index is 14.7. The fourth-order valence-corrected chi connectivity index (χ4v) is 5.15. The summed E-state index contributed by atoms with van der Waals surface area (Å²) in [5.41, 5.74) is 1.06. The molecular formula is C25H25FN6O5S. The number of rotatable bonds is 8. The summed E-state index contributed by atoms with van der Waals surface area (Å²) in [5, 5.41) is 9.58. The molecule has 0 radical (unpaired) electrons. The summed E-state index contributed by atoms with van der Waals surface area (Å²) in [7, 11) is -3.99. The molecule has 0 bridgehead atoms. The topological polar surface area (TPSA) is 148 Å². The van der Waals surface area contributed by atoms with E-state index in [1.54, 1.807) is 32.0 Å². The first kappa shape index (κ1) is 25.5. The number of nitrogens with one attached hydrogen (secondary N) is 3. The minimum Gasteiger partial charge on any atom is -0.361 e. The van der Waals surface area contributed by atoms with Gasteiger partial charge < -0.3 is 15.6 Å². The van der Waals surface area contributed by atoms with Gasteiger partial charge in [-0.05, 0) is 56.9 Å². The Labute approximate surface area is 217 Å². The Hall–Kier alpha value is -4.10. The van der Waals surface area contributed by atoms with Gasteiger partial charge in [-0.25, -0.2) is 13.9 Å². The van der Waals surface area contributed by atoms with Crippen molar-refractivity contribution in [3.8, 4) is 0 Å². The first-order valence-corrected chi connectivity index (χ1v) is 13.4. The maximum atomic E-state index is 14.7. The van der Waals surface area contributed by atoms with Gasteiger partial charge in [-0.15, -0.1) is 0 Å². The van der Waals surface area contributed by atoms with Crippen LogP contribution in [0.15, 0.2) is 58.6 Å². The van der Waals surface area contributed by atoms with Crippen molar-refractivity contribution in [3.05, 3.63) is 81.8 Å². The minimum absolute atomic E-state index is 0.0386. The molecule has 1 amide bonds. The second-order valence-corrected chi connectivity index (χ2v) is 10.7. The first-order valence-electron chi connectivity index (χ1n) is 12.0. The second kappa shape index (κ2) is 9.99. The van der Waals surface area contributed by atoms with E-state index in [9.17, 15) is 22.4 Å². The molecule has 11 nitrogen and oxygen atoms in total. The van der Waals surface area contributed by atoms with E-state index in [0.717, 1.165) is 17.1 Å². The van der Waals surface area contributed by atoms with E-state index < -0.39 is 27.9 Å². The summed E-state index contributed by atoms with van der Waals surface area (Å²) in [4.78, 5) is 32.0. The number of aromatic nitrogens is 4. The number of H-pyrrole nitrogens is 1. The molecule has 38 heavy (non-hydrogen) atoms. The smallest absolute Gasteiger partial charge is 0.297 e. The van der Waals surface area contributed by atoms with Crippen LogP contribution < -0.4 is 16.2 Å². The van der Waals surface area contributed by atoms with Gasteiger partial charge >= 0.3 is 0 Å². The number of carbonyl (C=O) groups is 1. The molecule has 5 rings (SSSR count). The van der Waals surface area contributed by atoms with E-state index in [1.807, 2.05) is 0 Å². The number of pyridine rings is 1. The lowest BCUT2D eigenvalue weighted by atomic mass is 9.97. The van der Waals surface area contributed by atoms with Crippen molar-refractivity contribution >= 4 is 33.2 Å². The van der Waals surface area contributed by atoms with Crippen LogP contribution in [0.2, 0.25) is 0 Å². The maximum Gasteiger partial charge on any atom is 0.297 e. The number of carbonyl (C=O) groups excluding carboxylic acids is 1. The molecule has 1 atom stereocenters. The van der Waals surface area contributed by atoms with Crippen molar-refractivity contribution in [1.82, 2.24) is 19.6 Å². The highest BCUT2D eigenvalue weighted by atomic mass is 32.2. The molecule has 1 saturated carbocycles. The number of amides is 1. The zero-order chi connectivity index (χ0) is 27.0. The van der Waals surface area contributed by atoms with E-state index in [4.69, 9.17) is 4.18 Å². The van der Waals surface area contributed by atoms with Gasteiger partial charge in [0.2, 0.25) is 0 Å². The van der Waals surface area contributed by atoms with Crippen molar-refractivity contribution in [3.63, 3.8) is 0 Å². The van der Waals surface area contributed by atoms with Crippen LogP contribution in [-0.2, 0) is 14.3 Å². The molecule has 0 saturated heterocycles. The molecular weight excluding hydrogens is 515 g/mol. The van der Waals surface area contributed by atoms with Crippen LogP contribution in [-0.4, -0.2) is 40.0 Å². The molecule has 1 aliphatic carbocycles. The summed E-state index contributed by atoms with van der Waals surface area (Å²) < 4.78 is 46.4. The van der Waals surface area contributed by atoms with Crippen LogP contribution in [0.25, 0.3) is 5.65 Å². The standard InChI is InChI=1S/C25H25FN6O5S/c1-14-8-9-17(38(35,36)37-16-5-3-6-16)11-21(14)30-25(34)19-12-28-32-13-20(26)22(31-23(19)32)29-15(2)18-7-4-10-27-24(18)33/h4,7-13,15-16H,3,5-6H2,1-2H3,(H,27,33)(H,29,31)(H,30,34)/t15-/m1/s1. The Balaban J connectivity index is 1.41. The number of fused-ring (bicyclic) bond motifs is 1. The molecule has 0 aliphatic heterocycles. The Morgan fingerprint density at radius 1 is 1.29 bits per heavy atom. The summed E-state index contributed by atoms with van der Waals surface area (Å²) in [6, 6.07) is 7.02. The molecule has 0 spiro atoms. The third-order valence-corrected chi connectivity index (χ3v) is 7.78. The highest BCUT2D eigenvalue weighted by molar-refractivity contribution is 7.86. The van der Waals surface area contributed by atoms with Crippen molar-refractivity contribution < 1.29 is 21.8 Å². The fraction of sp³-hybridized carbons (Fsp3) is 0.280. The molecule has 0 unspecified atom stereocenters. The Bertz CT molecular complexity index is 1700. The predicted octanol–water partition coefficient (Wildman–Crippen LogP) is 3.55. The molecule has 3 aromatic heterocycles. The molecule has 3 heterocycles. The SMILES string of the molecule is Cc1ccc(S(=O)(=O)OC2CCC2)cc1NC(=O)c1cnn2cc(F)c(N[C@H](C)c3ccc[nH]c3=O)nc12. The van der Waals surface area contributed by atoms with E-state index >= 15 is 0 Å². The quantitative estimate of drug-likeness (QED) is 0.288. The Kier molecular flexibility index (Phi) is 6.71. The Morgan fingerprint density at radius 3 is 2.79 bits per heavy atom. The summed E-state index contributed by atoms with van der Waals surface area (Å²) in [6.45, 7) is 3.40. The van der Waals surface area contributed by atoms with E-state index in [1.165, 1.54) is 24.5 Å². The number of halogens is 1. The lowest BCUT2D eigenvalue weighted by molar-refractivity contribution is 0.102. The van der Waals surface area contributed by atoms with Gasteiger partial charge in [-0.3, -0.25) is 13.8 Å². The van der Waals surface area contributed by atoms with E-state index in [0.29, 0.717) is 24.0 Å².